The van der Waals surface area contributed by atoms with E-state index in [1.54, 1.807) is 49.4 Å². The van der Waals surface area contributed by atoms with E-state index in [2.05, 4.69) is 25.3 Å². The molecule has 0 bridgehead atoms. The van der Waals surface area contributed by atoms with Crippen molar-refractivity contribution in [1.82, 2.24) is 9.97 Å². The Balaban J connectivity index is 1.58. The van der Waals surface area contributed by atoms with Crippen LogP contribution in [0.1, 0.15) is 5.69 Å². The largest absolute Gasteiger partial charge is 0.573 e. The lowest BCUT2D eigenvalue weighted by molar-refractivity contribution is -0.274. The molecule has 1 aromatic heterocycles. The maximum Gasteiger partial charge on any atom is 0.573 e. The van der Waals surface area contributed by atoms with Crippen LogP contribution in [-0.2, 0) is 0 Å². The van der Waals surface area contributed by atoms with Gasteiger partial charge in [-0.2, -0.15) is 4.98 Å². The minimum Gasteiger partial charge on any atom is -0.495 e. The number of alkyl halides is 3. The van der Waals surface area contributed by atoms with Gasteiger partial charge < -0.3 is 30.6 Å². The first kappa shape index (κ1) is 24.4. The number of aromatic nitrogens is 2. The number of amides is 2. The number of carbonyl (C=O) groups is 1. The topological polar surface area (TPSA) is 121 Å². The molecule has 3 aromatic carbocycles. The average molecular weight is 499 g/mol. The van der Waals surface area contributed by atoms with Crippen molar-refractivity contribution < 1.29 is 32.2 Å². The summed E-state index contributed by atoms with van der Waals surface area (Å²) < 4.78 is 52.7. The van der Waals surface area contributed by atoms with Gasteiger partial charge in [-0.05, 0) is 31.2 Å². The van der Waals surface area contributed by atoms with Gasteiger partial charge in [0, 0.05) is 28.6 Å². The second-order valence-corrected chi connectivity index (χ2v) is 7.45. The zero-order valence-electron chi connectivity index (χ0n) is 19.0. The number of rotatable bonds is 6. The second kappa shape index (κ2) is 9.86. The third kappa shape index (κ3) is 5.84. The lowest BCUT2D eigenvalue weighted by atomic mass is 10.1. The molecule has 4 rings (SSSR count). The van der Waals surface area contributed by atoms with E-state index in [4.69, 9.17) is 15.2 Å². The molecule has 0 fully saturated rings. The molecular weight excluding hydrogens is 479 g/mol. The maximum atomic E-state index is 12.7. The summed E-state index contributed by atoms with van der Waals surface area (Å²) in [4.78, 5) is 20.8. The molecule has 0 aliphatic heterocycles. The van der Waals surface area contributed by atoms with E-state index < -0.39 is 18.1 Å². The van der Waals surface area contributed by atoms with Crippen molar-refractivity contribution in [1.29, 1.82) is 0 Å². The number of urea groups is 1. The van der Waals surface area contributed by atoms with Crippen molar-refractivity contribution in [2.45, 2.75) is 13.3 Å². The number of benzene rings is 3. The van der Waals surface area contributed by atoms with Gasteiger partial charge in [0.2, 0.25) is 11.8 Å². The number of nitrogens with one attached hydrogen (secondary N) is 2. The Morgan fingerprint density at radius 3 is 2.31 bits per heavy atom. The number of aryl methyl sites for hydroxylation is 1. The van der Waals surface area contributed by atoms with Crippen LogP contribution in [-0.4, -0.2) is 29.5 Å². The summed E-state index contributed by atoms with van der Waals surface area (Å²) in [5.41, 5.74) is 6.75. The molecule has 0 aliphatic carbocycles. The number of fused-ring (bicyclic) bond motifs is 1. The van der Waals surface area contributed by atoms with E-state index in [0.717, 1.165) is 12.1 Å². The van der Waals surface area contributed by atoms with Gasteiger partial charge in [0.25, 0.3) is 0 Å². The number of anilines is 3. The van der Waals surface area contributed by atoms with Crippen LogP contribution >= 0.6 is 0 Å². The lowest BCUT2D eigenvalue weighted by Crippen LogP contribution is -2.21. The Morgan fingerprint density at radius 2 is 1.61 bits per heavy atom. The van der Waals surface area contributed by atoms with Crippen molar-refractivity contribution in [3.05, 3.63) is 66.4 Å². The third-order valence-electron chi connectivity index (χ3n) is 4.85. The van der Waals surface area contributed by atoms with E-state index in [0.29, 0.717) is 27.9 Å². The molecule has 4 aromatic rings. The van der Waals surface area contributed by atoms with Crippen molar-refractivity contribution in [2.75, 3.05) is 23.5 Å². The molecule has 0 saturated carbocycles. The summed E-state index contributed by atoms with van der Waals surface area (Å²) in [5.74, 6) is 0.438. The number of halogens is 3. The highest BCUT2D eigenvalue weighted by atomic mass is 19.4. The Labute approximate surface area is 203 Å². The molecule has 36 heavy (non-hydrogen) atoms. The quantitative estimate of drug-likeness (QED) is 0.304. The molecule has 2 amide bonds. The first-order chi connectivity index (χ1) is 17.1. The molecule has 0 saturated heterocycles. The fraction of sp³-hybridized carbons (Fsp3) is 0.125. The van der Waals surface area contributed by atoms with Crippen LogP contribution in [0.2, 0.25) is 0 Å². The third-order valence-corrected chi connectivity index (χ3v) is 4.85. The number of hydrogen-bond acceptors (Lipinski definition) is 7. The van der Waals surface area contributed by atoms with Crippen LogP contribution in [0.5, 0.6) is 23.1 Å². The number of nitrogens with two attached hydrogens (primary N) is 1. The van der Waals surface area contributed by atoms with E-state index in [-0.39, 0.29) is 23.3 Å². The number of ether oxygens (including phenoxy) is 3. The van der Waals surface area contributed by atoms with Crippen molar-refractivity contribution in [3.63, 3.8) is 0 Å². The fourth-order valence-electron chi connectivity index (χ4n) is 3.45. The van der Waals surface area contributed by atoms with Crippen molar-refractivity contribution in [3.8, 4) is 23.1 Å². The molecule has 0 radical (unpaired) electrons. The van der Waals surface area contributed by atoms with Crippen LogP contribution in [0.4, 0.5) is 35.3 Å². The summed E-state index contributed by atoms with van der Waals surface area (Å²) in [6, 6.07) is 14.7. The maximum absolute atomic E-state index is 12.7. The Bertz CT molecular complexity index is 1410. The molecule has 4 N–H and O–H groups in total. The van der Waals surface area contributed by atoms with Crippen LogP contribution in [0.3, 0.4) is 0 Å². The SMILES string of the molecule is COc1ccc(OC(F)(F)F)cc1NC(=O)Nc1ccc(Oc2cc(C)nc(N)n2)c2ccccc12. The van der Waals surface area contributed by atoms with Crippen molar-refractivity contribution >= 4 is 34.1 Å². The van der Waals surface area contributed by atoms with Gasteiger partial charge >= 0.3 is 12.4 Å². The number of hydrogen-bond donors (Lipinski definition) is 3. The molecule has 9 nitrogen and oxygen atoms in total. The number of nitrogens with zero attached hydrogens (tertiary/aromatic N) is 2. The standard InChI is InChI=1S/C24H20F3N5O4/c1-13-11-21(32-22(28)29-13)35-19-10-8-17(15-5-3-4-6-16(15)19)30-23(33)31-18-12-14(36-24(25,26)27)7-9-20(18)34-2/h3-12H,1-2H3,(H2,28,29,32)(H2,30,31,33). The summed E-state index contributed by atoms with van der Waals surface area (Å²) in [5, 5.41) is 6.49. The zero-order valence-corrected chi connectivity index (χ0v) is 19.0. The lowest BCUT2D eigenvalue weighted by Gasteiger charge is -2.16. The molecular formula is C24H20F3N5O4. The average Bonchev–Trinajstić information content (AvgIpc) is 2.79. The number of nitrogen functional groups attached to an aromatic ring is 1. The monoisotopic (exact) mass is 499 g/mol. The van der Waals surface area contributed by atoms with E-state index in [1.165, 1.54) is 13.2 Å². The Kier molecular flexibility index (Phi) is 6.68. The van der Waals surface area contributed by atoms with Crippen LogP contribution < -0.4 is 30.6 Å². The van der Waals surface area contributed by atoms with Gasteiger partial charge in [-0.1, -0.05) is 24.3 Å². The molecule has 12 heteroatoms. The highest BCUT2D eigenvalue weighted by Gasteiger charge is 2.31. The number of carbonyl (C=O) groups excluding carboxylic acids is 1. The van der Waals surface area contributed by atoms with E-state index in [1.807, 2.05) is 0 Å². The smallest absolute Gasteiger partial charge is 0.495 e. The molecule has 0 atom stereocenters. The fourth-order valence-corrected chi connectivity index (χ4v) is 3.45. The van der Waals surface area contributed by atoms with E-state index in [9.17, 15) is 18.0 Å². The van der Waals surface area contributed by atoms with Gasteiger partial charge in [-0.3, -0.25) is 0 Å². The van der Waals surface area contributed by atoms with Crippen molar-refractivity contribution in [2.24, 2.45) is 0 Å². The minimum atomic E-state index is -4.88. The minimum absolute atomic E-state index is 0.0160. The first-order valence-electron chi connectivity index (χ1n) is 10.4. The predicted molar refractivity (Wildman–Crippen MR) is 128 cm³/mol. The second-order valence-electron chi connectivity index (χ2n) is 7.45. The Morgan fingerprint density at radius 1 is 0.917 bits per heavy atom. The normalized spacial score (nSPS) is 11.1. The molecule has 0 unspecified atom stereocenters. The molecule has 0 spiro atoms. The van der Waals surface area contributed by atoms with Gasteiger partial charge in [0.1, 0.15) is 17.2 Å². The van der Waals surface area contributed by atoms with Gasteiger partial charge in [0.05, 0.1) is 18.5 Å². The summed E-state index contributed by atoms with van der Waals surface area (Å²) in [6.45, 7) is 1.76. The first-order valence-corrected chi connectivity index (χ1v) is 10.4. The highest BCUT2D eigenvalue weighted by molar-refractivity contribution is 6.08. The van der Waals surface area contributed by atoms with E-state index >= 15 is 0 Å². The van der Waals surface area contributed by atoms with Gasteiger partial charge in [0.15, 0.2) is 0 Å². The van der Waals surface area contributed by atoms with Gasteiger partial charge in [-0.25, -0.2) is 9.78 Å². The van der Waals surface area contributed by atoms with Gasteiger partial charge in [-0.15, -0.1) is 13.2 Å². The van der Waals surface area contributed by atoms with Crippen LogP contribution in [0.15, 0.2) is 60.7 Å². The molecule has 0 aliphatic rings. The zero-order chi connectivity index (χ0) is 25.9. The van der Waals surface area contributed by atoms with Crippen LogP contribution in [0.25, 0.3) is 10.8 Å². The summed E-state index contributed by atoms with van der Waals surface area (Å²) in [7, 11) is 1.32. The number of methoxy groups -OCH3 is 1. The molecule has 1 heterocycles. The highest BCUT2D eigenvalue weighted by Crippen LogP contribution is 2.35. The molecule has 186 valence electrons. The van der Waals surface area contributed by atoms with Crippen LogP contribution in [0, 0.1) is 6.92 Å². The predicted octanol–water partition coefficient (Wildman–Crippen LogP) is 5.86. The summed E-state index contributed by atoms with van der Waals surface area (Å²) in [6.07, 6.45) is -4.88. The Hall–Kier alpha value is -4.74. The summed E-state index contributed by atoms with van der Waals surface area (Å²) >= 11 is 0.